The smallest absolute Gasteiger partial charge is 0.403 e. The van der Waals surface area contributed by atoms with Gasteiger partial charge in [0.1, 0.15) is 0 Å². The van der Waals surface area contributed by atoms with Gasteiger partial charge in [0, 0.05) is 17.8 Å². The third-order valence-electron chi connectivity index (χ3n) is 2.88. The summed E-state index contributed by atoms with van der Waals surface area (Å²) < 4.78 is 52.8. The third kappa shape index (κ3) is 3.51. The predicted octanol–water partition coefficient (Wildman–Crippen LogP) is 4.08. The van der Waals surface area contributed by atoms with Gasteiger partial charge in [0.2, 0.25) is 0 Å². The summed E-state index contributed by atoms with van der Waals surface area (Å²) in [7, 11) is 0. The molecule has 1 N–H and O–H groups in total. The normalized spacial score (nSPS) is 16.9. The number of hydrogen-bond acceptors (Lipinski definition) is 2. The Balaban J connectivity index is 2.04. The van der Waals surface area contributed by atoms with Crippen molar-refractivity contribution in [1.29, 1.82) is 0 Å². The standard InChI is InChI=1S/C12H13F4NO/c13-10-7-9(17-8-3-1-2-4-8)5-6-11(10)18-12(14,15)16/h5-8,17H,1-4H2. The van der Waals surface area contributed by atoms with E-state index in [-0.39, 0.29) is 6.04 Å². The van der Waals surface area contributed by atoms with E-state index in [1.54, 1.807) is 0 Å². The highest BCUT2D eigenvalue weighted by Gasteiger charge is 2.32. The van der Waals surface area contributed by atoms with Crippen molar-refractivity contribution in [2.24, 2.45) is 0 Å². The van der Waals surface area contributed by atoms with E-state index in [2.05, 4.69) is 10.1 Å². The fourth-order valence-corrected chi connectivity index (χ4v) is 2.10. The number of halogens is 4. The molecule has 0 unspecified atom stereocenters. The molecule has 1 saturated carbocycles. The Labute approximate surface area is 102 Å². The van der Waals surface area contributed by atoms with Crippen molar-refractivity contribution in [3.8, 4) is 5.75 Å². The van der Waals surface area contributed by atoms with Gasteiger partial charge >= 0.3 is 6.36 Å². The van der Waals surface area contributed by atoms with Gasteiger partial charge in [0.25, 0.3) is 0 Å². The van der Waals surface area contributed by atoms with Crippen LogP contribution in [0.3, 0.4) is 0 Å². The maximum absolute atomic E-state index is 13.4. The summed E-state index contributed by atoms with van der Waals surface area (Å²) in [5.74, 6) is -1.82. The second kappa shape index (κ2) is 5.04. The molecule has 0 atom stereocenters. The minimum atomic E-state index is -4.87. The van der Waals surface area contributed by atoms with Crippen LogP contribution >= 0.6 is 0 Å². The highest BCUT2D eigenvalue weighted by atomic mass is 19.4. The summed E-state index contributed by atoms with van der Waals surface area (Å²) in [6.07, 6.45) is -0.628. The molecule has 1 aliphatic rings. The molecule has 0 aliphatic heterocycles. The molecule has 0 bridgehead atoms. The lowest BCUT2D eigenvalue weighted by atomic mass is 10.2. The Kier molecular flexibility index (Phi) is 3.63. The number of nitrogens with one attached hydrogen (secondary N) is 1. The lowest BCUT2D eigenvalue weighted by Gasteiger charge is -2.15. The van der Waals surface area contributed by atoms with Gasteiger partial charge in [-0.3, -0.25) is 0 Å². The van der Waals surface area contributed by atoms with Gasteiger partial charge in [-0.1, -0.05) is 12.8 Å². The molecule has 0 aromatic heterocycles. The highest BCUT2D eigenvalue weighted by molar-refractivity contribution is 5.48. The fourth-order valence-electron chi connectivity index (χ4n) is 2.10. The first kappa shape index (κ1) is 13.0. The van der Waals surface area contributed by atoms with Gasteiger partial charge in [0.15, 0.2) is 11.6 Å². The van der Waals surface area contributed by atoms with E-state index < -0.39 is 17.9 Å². The largest absolute Gasteiger partial charge is 0.573 e. The van der Waals surface area contributed by atoms with Crippen molar-refractivity contribution < 1.29 is 22.3 Å². The molecule has 2 rings (SSSR count). The van der Waals surface area contributed by atoms with Crippen molar-refractivity contribution in [2.75, 3.05) is 5.32 Å². The zero-order valence-electron chi connectivity index (χ0n) is 9.56. The maximum atomic E-state index is 13.4. The molecular weight excluding hydrogens is 250 g/mol. The van der Waals surface area contributed by atoms with E-state index in [4.69, 9.17) is 0 Å². The number of rotatable bonds is 3. The highest BCUT2D eigenvalue weighted by Crippen LogP contribution is 2.29. The van der Waals surface area contributed by atoms with Crippen LogP contribution in [0.2, 0.25) is 0 Å². The summed E-state index contributed by atoms with van der Waals surface area (Å²) in [5.41, 5.74) is 0.480. The Morgan fingerprint density at radius 1 is 1.17 bits per heavy atom. The quantitative estimate of drug-likeness (QED) is 0.830. The van der Waals surface area contributed by atoms with Crippen molar-refractivity contribution in [3.63, 3.8) is 0 Å². The minimum absolute atomic E-state index is 0.277. The molecule has 2 nitrogen and oxygen atoms in total. The second-order valence-corrected chi connectivity index (χ2v) is 4.32. The Morgan fingerprint density at radius 3 is 2.39 bits per heavy atom. The molecule has 0 heterocycles. The number of ether oxygens (including phenoxy) is 1. The van der Waals surface area contributed by atoms with Crippen LogP contribution in [0.25, 0.3) is 0 Å². The average molecular weight is 263 g/mol. The number of anilines is 1. The van der Waals surface area contributed by atoms with Crippen molar-refractivity contribution in [1.82, 2.24) is 0 Å². The molecule has 1 aliphatic carbocycles. The van der Waals surface area contributed by atoms with Crippen LogP contribution in [0.1, 0.15) is 25.7 Å². The van der Waals surface area contributed by atoms with Crippen LogP contribution in [-0.4, -0.2) is 12.4 Å². The van der Waals surface area contributed by atoms with Crippen LogP contribution in [0.15, 0.2) is 18.2 Å². The first-order valence-corrected chi connectivity index (χ1v) is 5.76. The van der Waals surface area contributed by atoms with Crippen LogP contribution in [0.5, 0.6) is 5.75 Å². The van der Waals surface area contributed by atoms with Crippen molar-refractivity contribution in [2.45, 2.75) is 38.1 Å². The van der Waals surface area contributed by atoms with Crippen molar-refractivity contribution >= 4 is 5.69 Å². The molecule has 6 heteroatoms. The summed E-state index contributed by atoms with van der Waals surface area (Å²) >= 11 is 0. The molecule has 0 amide bonds. The molecule has 18 heavy (non-hydrogen) atoms. The van der Waals surface area contributed by atoms with E-state index in [9.17, 15) is 17.6 Å². The van der Waals surface area contributed by atoms with Crippen LogP contribution in [-0.2, 0) is 0 Å². The first-order valence-electron chi connectivity index (χ1n) is 5.76. The van der Waals surface area contributed by atoms with Crippen LogP contribution < -0.4 is 10.1 Å². The third-order valence-corrected chi connectivity index (χ3v) is 2.88. The fraction of sp³-hybridized carbons (Fsp3) is 0.500. The minimum Gasteiger partial charge on any atom is -0.403 e. The molecule has 1 aromatic rings. The Hall–Kier alpha value is -1.46. The Bertz CT molecular complexity index is 413. The molecule has 1 aromatic carbocycles. The van der Waals surface area contributed by atoms with E-state index in [1.165, 1.54) is 6.07 Å². The van der Waals surface area contributed by atoms with Gasteiger partial charge in [-0.05, 0) is 25.0 Å². The molecular formula is C12H13F4NO. The van der Waals surface area contributed by atoms with Gasteiger partial charge in [-0.2, -0.15) is 0 Å². The van der Waals surface area contributed by atoms with Gasteiger partial charge in [-0.25, -0.2) is 4.39 Å². The topological polar surface area (TPSA) is 21.3 Å². The van der Waals surface area contributed by atoms with Crippen LogP contribution in [0.4, 0.5) is 23.2 Å². The zero-order valence-corrected chi connectivity index (χ0v) is 9.56. The number of hydrogen-bond donors (Lipinski definition) is 1. The summed E-state index contributed by atoms with van der Waals surface area (Å²) in [6.45, 7) is 0. The molecule has 100 valence electrons. The molecule has 1 fully saturated rings. The summed E-state index contributed by atoms with van der Waals surface area (Å²) in [6, 6.07) is 3.68. The monoisotopic (exact) mass is 263 g/mol. The van der Waals surface area contributed by atoms with Gasteiger partial charge in [0.05, 0.1) is 0 Å². The Morgan fingerprint density at radius 2 is 1.83 bits per heavy atom. The second-order valence-electron chi connectivity index (χ2n) is 4.32. The van der Waals surface area contributed by atoms with E-state index in [0.29, 0.717) is 5.69 Å². The van der Waals surface area contributed by atoms with Crippen molar-refractivity contribution in [3.05, 3.63) is 24.0 Å². The number of benzene rings is 1. The van der Waals surface area contributed by atoms with E-state index in [1.807, 2.05) is 0 Å². The summed E-state index contributed by atoms with van der Waals surface area (Å²) in [5, 5.41) is 3.09. The van der Waals surface area contributed by atoms with Gasteiger partial charge in [-0.15, -0.1) is 13.2 Å². The van der Waals surface area contributed by atoms with Gasteiger partial charge < -0.3 is 10.1 Å². The zero-order chi connectivity index (χ0) is 13.2. The SMILES string of the molecule is Fc1cc(NC2CCCC2)ccc1OC(F)(F)F. The maximum Gasteiger partial charge on any atom is 0.573 e. The van der Waals surface area contributed by atoms with E-state index >= 15 is 0 Å². The van der Waals surface area contributed by atoms with E-state index in [0.717, 1.165) is 37.8 Å². The first-order chi connectivity index (χ1) is 8.44. The average Bonchev–Trinajstić information content (AvgIpc) is 2.73. The lowest BCUT2D eigenvalue weighted by molar-refractivity contribution is -0.275. The molecule has 0 spiro atoms. The molecule has 0 saturated heterocycles. The summed E-state index contributed by atoms with van der Waals surface area (Å²) in [4.78, 5) is 0. The van der Waals surface area contributed by atoms with Crippen LogP contribution in [0, 0.1) is 5.82 Å². The lowest BCUT2D eigenvalue weighted by Crippen LogP contribution is -2.18. The molecule has 0 radical (unpaired) electrons. The predicted molar refractivity (Wildman–Crippen MR) is 59.0 cm³/mol. The number of alkyl halides is 3.